The van der Waals surface area contributed by atoms with Crippen molar-refractivity contribution in [3.63, 3.8) is 0 Å². The highest BCUT2D eigenvalue weighted by atomic mass is 16.5. The molecule has 122 valence electrons. The average Bonchev–Trinajstić information content (AvgIpc) is 2.52. The topological polar surface area (TPSA) is 50.4 Å². The smallest absolute Gasteiger partial charge is 0.251 e. The number of hydrogen-bond acceptors (Lipinski definition) is 3. The van der Waals surface area contributed by atoms with Gasteiger partial charge in [0.25, 0.3) is 5.91 Å². The Morgan fingerprint density at radius 3 is 2.77 bits per heavy atom. The summed E-state index contributed by atoms with van der Waals surface area (Å²) in [6.07, 6.45) is 5.44. The summed E-state index contributed by atoms with van der Waals surface area (Å²) in [6.45, 7) is 6.04. The first-order chi connectivity index (χ1) is 10.7. The Balaban J connectivity index is 1.80. The normalized spacial score (nSPS) is 21.4. The minimum Gasteiger partial charge on any atom is -0.494 e. The molecule has 0 aliphatic carbocycles. The molecule has 1 aliphatic heterocycles. The summed E-state index contributed by atoms with van der Waals surface area (Å²) in [5.41, 5.74) is 0.701. The fourth-order valence-electron chi connectivity index (χ4n) is 2.78. The summed E-state index contributed by atoms with van der Waals surface area (Å²) in [7, 11) is 0. The lowest BCUT2D eigenvalue weighted by atomic mass is 10.0. The van der Waals surface area contributed by atoms with Gasteiger partial charge in [0.2, 0.25) is 0 Å². The maximum atomic E-state index is 12.3. The maximum Gasteiger partial charge on any atom is 0.251 e. The van der Waals surface area contributed by atoms with E-state index in [4.69, 9.17) is 4.74 Å². The molecule has 22 heavy (non-hydrogen) atoms. The molecule has 1 fully saturated rings. The Kier molecular flexibility index (Phi) is 6.72. The molecule has 1 aromatic rings. The summed E-state index contributed by atoms with van der Waals surface area (Å²) in [6, 6.07) is 8.19. The standard InChI is InChI=1S/C18H28N2O2/c1-3-4-5-12-22-17-8-6-15(7-9-17)18(21)20-16-10-11-19-14(2)13-16/h6-9,14,16,19H,3-5,10-13H2,1-2H3,(H,20,21). The number of rotatable bonds is 7. The number of benzene rings is 1. The Hall–Kier alpha value is -1.55. The van der Waals surface area contributed by atoms with Gasteiger partial charge in [-0.15, -0.1) is 0 Å². The van der Waals surface area contributed by atoms with E-state index in [1.54, 1.807) is 0 Å². The minimum atomic E-state index is 0.0108. The third-order valence-corrected chi connectivity index (χ3v) is 4.09. The van der Waals surface area contributed by atoms with Gasteiger partial charge < -0.3 is 15.4 Å². The molecule has 1 saturated heterocycles. The van der Waals surface area contributed by atoms with Gasteiger partial charge in [-0.05, 0) is 57.0 Å². The fourth-order valence-corrected chi connectivity index (χ4v) is 2.78. The van der Waals surface area contributed by atoms with Crippen LogP contribution in [0, 0.1) is 0 Å². The quantitative estimate of drug-likeness (QED) is 0.761. The van der Waals surface area contributed by atoms with Crippen LogP contribution in [0.1, 0.15) is 56.3 Å². The summed E-state index contributed by atoms with van der Waals surface area (Å²) < 4.78 is 5.67. The number of carbonyl (C=O) groups excluding carboxylic acids is 1. The molecule has 4 nitrogen and oxygen atoms in total. The molecule has 0 radical (unpaired) electrons. The Bertz CT molecular complexity index is 459. The zero-order valence-electron chi connectivity index (χ0n) is 13.7. The first-order valence-corrected chi connectivity index (χ1v) is 8.46. The second-order valence-corrected chi connectivity index (χ2v) is 6.13. The Morgan fingerprint density at radius 2 is 2.09 bits per heavy atom. The zero-order chi connectivity index (χ0) is 15.8. The van der Waals surface area contributed by atoms with E-state index in [0.717, 1.165) is 38.2 Å². The van der Waals surface area contributed by atoms with Crippen molar-refractivity contribution >= 4 is 5.91 Å². The highest BCUT2D eigenvalue weighted by Gasteiger charge is 2.20. The maximum absolute atomic E-state index is 12.3. The molecule has 0 saturated carbocycles. The number of ether oxygens (including phenoxy) is 1. The molecular formula is C18H28N2O2. The molecule has 2 unspecified atom stereocenters. The van der Waals surface area contributed by atoms with E-state index in [-0.39, 0.29) is 11.9 Å². The number of nitrogens with one attached hydrogen (secondary N) is 2. The molecule has 1 heterocycles. The van der Waals surface area contributed by atoms with E-state index in [1.165, 1.54) is 12.8 Å². The van der Waals surface area contributed by atoms with Crippen LogP contribution in [0.4, 0.5) is 0 Å². The molecule has 2 rings (SSSR count). The monoisotopic (exact) mass is 304 g/mol. The molecule has 1 aromatic carbocycles. The van der Waals surface area contributed by atoms with Crippen molar-refractivity contribution in [2.75, 3.05) is 13.2 Å². The number of amides is 1. The van der Waals surface area contributed by atoms with Crippen molar-refractivity contribution in [3.8, 4) is 5.75 Å². The molecule has 2 N–H and O–H groups in total. The highest BCUT2D eigenvalue weighted by molar-refractivity contribution is 5.94. The number of unbranched alkanes of at least 4 members (excludes halogenated alkanes) is 2. The van der Waals surface area contributed by atoms with Gasteiger partial charge in [0.05, 0.1) is 6.61 Å². The minimum absolute atomic E-state index is 0.0108. The van der Waals surface area contributed by atoms with Gasteiger partial charge >= 0.3 is 0 Å². The van der Waals surface area contributed by atoms with Crippen molar-refractivity contribution in [1.82, 2.24) is 10.6 Å². The van der Waals surface area contributed by atoms with Crippen molar-refractivity contribution in [3.05, 3.63) is 29.8 Å². The number of hydrogen-bond donors (Lipinski definition) is 2. The lowest BCUT2D eigenvalue weighted by molar-refractivity contribution is 0.0925. The van der Waals surface area contributed by atoms with Crippen LogP contribution in [0.3, 0.4) is 0 Å². The zero-order valence-corrected chi connectivity index (χ0v) is 13.7. The van der Waals surface area contributed by atoms with Gasteiger partial charge in [-0.25, -0.2) is 0 Å². The summed E-state index contributed by atoms with van der Waals surface area (Å²) >= 11 is 0. The number of carbonyl (C=O) groups is 1. The summed E-state index contributed by atoms with van der Waals surface area (Å²) in [5, 5.41) is 6.52. The van der Waals surface area contributed by atoms with Gasteiger partial charge in [-0.2, -0.15) is 0 Å². The molecule has 4 heteroatoms. The number of piperidine rings is 1. The van der Waals surface area contributed by atoms with E-state index < -0.39 is 0 Å². The van der Waals surface area contributed by atoms with Gasteiger partial charge in [0, 0.05) is 17.6 Å². The second kappa shape index (κ2) is 8.79. The van der Waals surface area contributed by atoms with Crippen LogP contribution in [0.15, 0.2) is 24.3 Å². The van der Waals surface area contributed by atoms with Crippen LogP contribution in [-0.2, 0) is 0 Å². The third-order valence-electron chi connectivity index (χ3n) is 4.09. The Labute approximate surface area is 133 Å². The molecule has 0 bridgehead atoms. The van der Waals surface area contributed by atoms with Gasteiger partial charge in [-0.1, -0.05) is 19.8 Å². The molecular weight excluding hydrogens is 276 g/mol. The summed E-state index contributed by atoms with van der Waals surface area (Å²) in [5.74, 6) is 0.847. The van der Waals surface area contributed by atoms with E-state index >= 15 is 0 Å². The van der Waals surface area contributed by atoms with E-state index in [0.29, 0.717) is 11.6 Å². The van der Waals surface area contributed by atoms with Crippen molar-refractivity contribution in [2.24, 2.45) is 0 Å². The second-order valence-electron chi connectivity index (χ2n) is 6.13. The van der Waals surface area contributed by atoms with E-state index in [1.807, 2.05) is 24.3 Å². The van der Waals surface area contributed by atoms with Crippen molar-refractivity contribution in [1.29, 1.82) is 0 Å². The lowest BCUT2D eigenvalue weighted by Crippen LogP contribution is -2.46. The lowest BCUT2D eigenvalue weighted by Gasteiger charge is -2.28. The Morgan fingerprint density at radius 1 is 1.32 bits per heavy atom. The van der Waals surface area contributed by atoms with Gasteiger partial charge in [0.1, 0.15) is 5.75 Å². The fraction of sp³-hybridized carbons (Fsp3) is 0.611. The largest absolute Gasteiger partial charge is 0.494 e. The van der Waals surface area contributed by atoms with Gasteiger partial charge in [0.15, 0.2) is 0 Å². The van der Waals surface area contributed by atoms with Crippen LogP contribution in [0.25, 0.3) is 0 Å². The average molecular weight is 304 g/mol. The molecule has 1 amide bonds. The molecule has 0 spiro atoms. The highest BCUT2D eigenvalue weighted by Crippen LogP contribution is 2.14. The van der Waals surface area contributed by atoms with Crippen LogP contribution in [0.2, 0.25) is 0 Å². The van der Waals surface area contributed by atoms with E-state index in [9.17, 15) is 4.79 Å². The third kappa shape index (κ3) is 5.34. The molecule has 0 aromatic heterocycles. The predicted octanol–water partition coefficient (Wildman–Crippen LogP) is 3.13. The summed E-state index contributed by atoms with van der Waals surface area (Å²) in [4.78, 5) is 12.3. The molecule has 2 atom stereocenters. The first kappa shape index (κ1) is 16.8. The van der Waals surface area contributed by atoms with Crippen LogP contribution in [-0.4, -0.2) is 31.1 Å². The van der Waals surface area contributed by atoms with E-state index in [2.05, 4.69) is 24.5 Å². The first-order valence-electron chi connectivity index (χ1n) is 8.46. The van der Waals surface area contributed by atoms with Crippen molar-refractivity contribution in [2.45, 2.75) is 58.0 Å². The van der Waals surface area contributed by atoms with Crippen LogP contribution < -0.4 is 15.4 Å². The van der Waals surface area contributed by atoms with Crippen LogP contribution in [0.5, 0.6) is 5.75 Å². The predicted molar refractivity (Wildman–Crippen MR) is 89.4 cm³/mol. The van der Waals surface area contributed by atoms with Crippen molar-refractivity contribution < 1.29 is 9.53 Å². The SMILES string of the molecule is CCCCCOc1ccc(C(=O)NC2CCNC(C)C2)cc1. The molecule has 1 aliphatic rings. The van der Waals surface area contributed by atoms with Gasteiger partial charge in [-0.3, -0.25) is 4.79 Å². The van der Waals surface area contributed by atoms with Crippen LogP contribution >= 0.6 is 0 Å².